The summed E-state index contributed by atoms with van der Waals surface area (Å²) in [6.07, 6.45) is 4.52. The number of para-hydroxylation sites is 1. The summed E-state index contributed by atoms with van der Waals surface area (Å²) in [5.74, 6) is -0.231. The lowest BCUT2D eigenvalue weighted by molar-refractivity contribution is -0.124. The van der Waals surface area contributed by atoms with Gasteiger partial charge in [-0.15, -0.1) is 0 Å². The van der Waals surface area contributed by atoms with Gasteiger partial charge in [-0.05, 0) is 48.9 Å². The van der Waals surface area contributed by atoms with Crippen molar-refractivity contribution in [2.75, 3.05) is 0 Å². The number of carbonyl (C=O) groups excluding carboxylic acids is 2. The summed E-state index contributed by atoms with van der Waals surface area (Å²) in [6.45, 7) is 4.40. The first-order valence-electron chi connectivity index (χ1n) is 9.86. The van der Waals surface area contributed by atoms with Crippen LogP contribution in [0.2, 0.25) is 0 Å². The fourth-order valence-electron chi connectivity index (χ4n) is 3.66. The Kier molecular flexibility index (Phi) is 5.47. The number of nitrogens with zero attached hydrogens (tertiary/aromatic N) is 3. The lowest BCUT2D eigenvalue weighted by Gasteiger charge is -2.19. The molecule has 1 fully saturated rings. The van der Waals surface area contributed by atoms with Gasteiger partial charge in [0.15, 0.2) is 0 Å². The van der Waals surface area contributed by atoms with Crippen LogP contribution in [0.4, 0.5) is 4.79 Å². The third kappa shape index (κ3) is 3.53. The molecule has 5 nitrogen and oxygen atoms in total. The minimum Gasteiger partial charge on any atom is -0.342 e. The van der Waals surface area contributed by atoms with E-state index in [1.54, 1.807) is 0 Å². The van der Waals surface area contributed by atoms with Crippen molar-refractivity contribution in [3.63, 3.8) is 0 Å². The topological polar surface area (TPSA) is 66.1 Å². The van der Waals surface area contributed by atoms with E-state index in [9.17, 15) is 14.9 Å². The number of carbonyl (C=O) groups is 2. The molecule has 1 saturated heterocycles. The molecule has 1 atom stereocenters. The van der Waals surface area contributed by atoms with Crippen molar-refractivity contribution >= 4 is 39.9 Å². The van der Waals surface area contributed by atoms with Crippen molar-refractivity contribution in [3.05, 3.63) is 76.3 Å². The van der Waals surface area contributed by atoms with E-state index in [-0.39, 0.29) is 17.2 Å². The van der Waals surface area contributed by atoms with E-state index in [0.717, 1.165) is 40.2 Å². The number of hydrogen-bond donors (Lipinski definition) is 0. The van der Waals surface area contributed by atoms with Crippen molar-refractivity contribution in [2.24, 2.45) is 0 Å². The Morgan fingerprint density at radius 1 is 1.13 bits per heavy atom. The van der Waals surface area contributed by atoms with E-state index in [1.165, 1.54) is 4.90 Å². The summed E-state index contributed by atoms with van der Waals surface area (Å²) in [5, 5.41) is 10.2. The molecule has 150 valence electrons. The lowest BCUT2D eigenvalue weighted by Crippen LogP contribution is -2.36. The van der Waals surface area contributed by atoms with Crippen molar-refractivity contribution in [3.8, 4) is 6.07 Å². The van der Waals surface area contributed by atoms with Gasteiger partial charge in [0, 0.05) is 35.2 Å². The van der Waals surface area contributed by atoms with Crippen LogP contribution < -0.4 is 0 Å². The van der Waals surface area contributed by atoms with Crippen LogP contribution >= 0.6 is 11.8 Å². The molecule has 0 radical (unpaired) electrons. The molecule has 6 heteroatoms. The highest BCUT2D eigenvalue weighted by Gasteiger charge is 2.37. The van der Waals surface area contributed by atoms with Crippen LogP contribution in [0, 0.1) is 11.3 Å². The van der Waals surface area contributed by atoms with Crippen molar-refractivity contribution < 1.29 is 9.59 Å². The molecule has 0 unspecified atom stereocenters. The van der Waals surface area contributed by atoms with Crippen LogP contribution in [0.15, 0.2) is 59.6 Å². The SMILES string of the molecule is CC[C@@H](C)N1C(=O)S/C(=C\c2cn(Cc3ccccc3C#N)c3ccccc23)C1=O. The predicted octanol–water partition coefficient (Wildman–Crippen LogP) is 5.40. The van der Waals surface area contributed by atoms with Gasteiger partial charge >= 0.3 is 0 Å². The maximum Gasteiger partial charge on any atom is 0.293 e. The molecule has 3 aromatic rings. The lowest BCUT2D eigenvalue weighted by atomic mass is 10.1. The number of thioether (sulfide) groups is 1. The molecule has 1 aliphatic heterocycles. The van der Waals surface area contributed by atoms with Gasteiger partial charge in [0.25, 0.3) is 11.1 Å². The molecule has 0 spiro atoms. The quantitative estimate of drug-likeness (QED) is 0.524. The Morgan fingerprint density at radius 3 is 2.63 bits per heavy atom. The van der Waals surface area contributed by atoms with E-state index >= 15 is 0 Å². The van der Waals surface area contributed by atoms with Gasteiger partial charge in [-0.25, -0.2) is 0 Å². The highest BCUT2D eigenvalue weighted by Crippen LogP contribution is 2.35. The Morgan fingerprint density at radius 2 is 1.87 bits per heavy atom. The second-order valence-electron chi connectivity index (χ2n) is 7.31. The van der Waals surface area contributed by atoms with Gasteiger partial charge in [0.05, 0.1) is 16.5 Å². The smallest absolute Gasteiger partial charge is 0.293 e. The molecular formula is C24H21N3O2S. The molecule has 30 heavy (non-hydrogen) atoms. The summed E-state index contributed by atoms with van der Waals surface area (Å²) in [7, 11) is 0. The molecule has 4 rings (SSSR count). The number of nitriles is 1. The fraction of sp³-hybridized carbons (Fsp3) is 0.208. The van der Waals surface area contributed by atoms with Crippen LogP contribution in [0.3, 0.4) is 0 Å². The highest BCUT2D eigenvalue weighted by atomic mass is 32.2. The molecule has 1 aromatic heterocycles. The van der Waals surface area contributed by atoms with Crippen LogP contribution in [0.1, 0.15) is 37.0 Å². The zero-order valence-corrected chi connectivity index (χ0v) is 17.6. The number of benzene rings is 2. The molecule has 2 aromatic carbocycles. The average Bonchev–Trinajstić information content (AvgIpc) is 3.25. The summed E-state index contributed by atoms with van der Waals surface area (Å²) in [6, 6.07) is 17.6. The van der Waals surface area contributed by atoms with E-state index < -0.39 is 0 Å². The van der Waals surface area contributed by atoms with Gasteiger partial charge in [0.1, 0.15) is 0 Å². The minimum absolute atomic E-state index is 0.118. The molecule has 2 heterocycles. The van der Waals surface area contributed by atoms with E-state index in [1.807, 2.05) is 74.7 Å². The second-order valence-corrected chi connectivity index (χ2v) is 8.30. The highest BCUT2D eigenvalue weighted by molar-refractivity contribution is 8.18. The summed E-state index contributed by atoms with van der Waals surface area (Å²) in [5.41, 5.74) is 3.48. The van der Waals surface area contributed by atoms with Crippen molar-refractivity contribution in [2.45, 2.75) is 32.9 Å². The van der Waals surface area contributed by atoms with Crippen LogP contribution in [-0.2, 0) is 11.3 Å². The summed E-state index contributed by atoms with van der Waals surface area (Å²) < 4.78 is 2.08. The monoisotopic (exact) mass is 415 g/mol. The molecule has 0 N–H and O–H groups in total. The molecule has 0 saturated carbocycles. The Labute approximate surface area is 179 Å². The Balaban J connectivity index is 1.75. The van der Waals surface area contributed by atoms with Crippen LogP contribution in [0.5, 0.6) is 0 Å². The number of aromatic nitrogens is 1. The van der Waals surface area contributed by atoms with E-state index in [4.69, 9.17) is 0 Å². The van der Waals surface area contributed by atoms with Gasteiger partial charge in [-0.2, -0.15) is 5.26 Å². The normalized spacial score (nSPS) is 16.4. The Hall–Kier alpha value is -3.30. The minimum atomic E-state index is -0.231. The second kappa shape index (κ2) is 8.21. The third-order valence-electron chi connectivity index (χ3n) is 5.44. The third-order valence-corrected chi connectivity index (χ3v) is 6.32. The predicted molar refractivity (Wildman–Crippen MR) is 120 cm³/mol. The molecule has 2 amide bonds. The standard InChI is InChI=1S/C24H21N3O2S/c1-3-16(2)27-23(28)22(30-24(27)29)12-19-15-26(21-11-7-6-10-20(19)21)14-18-9-5-4-8-17(18)13-25/h4-12,15-16H,3,14H2,1-2H3/b22-12-/t16-/m1/s1. The number of rotatable bonds is 5. The first kappa shape index (κ1) is 20.0. The average molecular weight is 416 g/mol. The molecule has 0 bridgehead atoms. The zero-order valence-electron chi connectivity index (χ0n) is 16.8. The van der Waals surface area contributed by atoms with E-state index in [2.05, 4.69) is 10.6 Å². The Bertz CT molecular complexity index is 1220. The maximum absolute atomic E-state index is 12.8. The number of imide groups is 1. The summed E-state index contributed by atoms with van der Waals surface area (Å²) in [4.78, 5) is 27.0. The van der Waals surface area contributed by atoms with Gasteiger partial charge in [0.2, 0.25) is 0 Å². The van der Waals surface area contributed by atoms with Gasteiger partial charge in [-0.3, -0.25) is 14.5 Å². The van der Waals surface area contributed by atoms with Gasteiger partial charge < -0.3 is 4.57 Å². The number of hydrogen-bond acceptors (Lipinski definition) is 4. The zero-order chi connectivity index (χ0) is 21.3. The molecular weight excluding hydrogens is 394 g/mol. The summed E-state index contributed by atoms with van der Waals surface area (Å²) >= 11 is 0.994. The first-order valence-corrected chi connectivity index (χ1v) is 10.7. The molecule has 0 aliphatic carbocycles. The van der Waals surface area contributed by atoms with E-state index in [0.29, 0.717) is 17.0 Å². The number of amides is 2. The molecule has 1 aliphatic rings. The fourth-order valence-corrected chi connectivity index (χ4v) is 4.58. The number of fused-ring (bicyclic) bond motifs is 1. The van der Waals surface area contributed by atoms with Gasteiger partial charge in [-0.1, -0.05) is 43.3 Å². The van der Waals surface area contributed by atoms with Crippen LogP contribution in [-0.4, -0.2) is 26.7 Å². The van der Waals surface area contributed by atoms with Crippen LogP contribution in [0.25, 0.3) is 17.0 Å². The van der Waals surface area contributed by atoms with Crippen molar-refractivity contribution in [1.29, 1.82) is 5.26 Å². The van der Waals surface area contributed by atoms with Crippen molar-refractivity contribution in [1.82, 2.24) is 9.47 Å². The largest absolute Gasteiger partial charge is 0.342 e. The first-order chi connectivity index (χ1) is 14.5. The maximum atomic E-state index is 12.8.